The van der Waals surface area contributed by atoms with Gasteiger partial charge in [-0.1, -0.05) is 66.8 Å². The highest BCUT2D eigenvalue weighted by atomic mass is 16.5. The summed E-state index contributed by atoms with van der Waals surface area (Å²) in [5.74, 6) is 0.932. The van der Waals surface area contributed by atoms with Gasteiger partial charge in [-0.2, -0.15) is 0 Å². The van der Waals surface area contributed by atoms with E-state index in [0.29, 0.717) is 18.1 Å². The molecule has 2 heteroatoms. The Morgan fingerprint density at radius 3 is 2.39 bits per heavy atom. The van der Waals surface area contributed by atoms with Crippen LogP contribution in [0, 0.1) is 5.92 Å². The van der Waals surface area contributed by atoms with Crippen molar-refractivity contribution in [1.82, 2.24) is 0 Å². The van der Waals surface area contributed by atoms with Crippen LogP contribution in [0.1, 0.15) is 18.4 Å². The molecular formula is C21H20O2. The fourth-order valence-corrected chi connectivity index (χ4v) is 2.68. The molecule has 0 N–H and O–H groups in total. The summed E-state index contributed by atoms with van der Waals surface area (Å²) in [7, 11) is 0. The molecule has 1 aliphatic carbocycles. The van der Waals surface area contributed by atoms with Crippen molar-refractivity contribution < 1.29 is 9.53 Å². The maximum Gasteiger partial charge on any atom is 0.315 e. The lowest BCUT2D eigenvalue weighted by atomic mass is 9.80. The first-order valence-corrected chi connectivity index (χ1v) is 7.97. The number of benzene rings is 2. The van der Waals surface area contributed by atoms with E-state index < -0.39 is 0 Å². The number of rotatable bonds is 6. The van der Waals surface area contributed by atoms with Gasteiger partial charge in [-0.25, -0.2) is 0 Å². The van der Waals surface area contributed by atoms with Crippen molar-refractivity contribution in [3.8, 4) is 5.75 Å². The van der Waals surface area contributed by atoms with E-state index in [1.807, 2.05) is 30.3 Å². The van der Waals surface area contributed by atoms with Gasteiger partial charge >= 0.3 is 5.97 Å². The molecule has 0 spiro atoms. The predicted octanol–water partition coefficient (Wildman–Crippen LogP) is 4.73. The standard InChI is InChI=1S/C21H20O2/c22-21(23-20-11-5-2-6-12-20)13-7-10-18-14-15-19(18)16-17-8-3-1-4-9-17/h1-12,14,19H,13,15-16H2. The Kier molecular flexibility index (Phi) is 5.05. The zero-order valence-electron chi connectivity index (χ0n) is 13.0. The number of esters is 1. The third kappa shape index (κ3) is 4.43. The summed E-state index contributed by atoms with van der Waals surface area (Å²) in [4.78, 5) is 11.8. The summed E-state index contributed by atoms with van der Waals surface area (Å²) < 4.78 is 5.26. The largest absolute Gasteiger partial charge is 0.426 e. The minimum absolute atomic E-state index is 0.230. The van der Waals surface area contributed by atoms with E-state index >= 15 is 0 Å². The van der Waals surface area contributed by atoms with Crippen molar-refractivity contribution >= 4 is 5.97 Å². The summed E-state index contributed by atoms with van der Waals surface area (Å²) >= 11 is 0. The third-order valence-corrected chi connectivity index (χ3v) is 4.00. The molecule has 23 heavy (non-hydrogen) atoms. The Balaban J connectivity index is 1.46. The molecule has 0 amide bonds. The van der Waals surface area contributed by atoms with E-state index in [-0.39, 0.29) is 5.97 Å². The number of ether oxygens (including phenoxy) is 1. The van der Waals surface area contributed by atoms with Crippen LogP contribution in [-0.4, -0.2) is 5.97 Å². The van der Waals surface area contributed by atoms with E-state index in [1.54, 1.807) is 12.1 Å². The topological polar surface area (TPSA) is 26.3 Å². The molecular weight excluding hydrogens is 284 g/mol. The monoisotopic (exact) mass is 304 g/mol. The third-order valence-electron chi connectivity index (χ3n) is 4.00. The van der Waals surface area contributed by atoms with Crippen molar-refractivity contribution in [2.45, 2.75) is 19.3 Å². The predicted molar refractivity (Wildman–Crippen MR) is 92.2 cm³/mol. The average molecular weight is 304 g/mol. The van der Waals surface area contributed by atoms with Crippen LogP contribution in [0.4, 0.5) is 0 Å². The molecule has 0 fully saturated rings. The molecule has 0 bridgehead atoms. The number of para-hydroxylation sites is 1. The van der Waals surface area contributed by atoms with Crippen molar-refractivity contribution in [3.05, 3.63) is 90.0 Å². The Bertz CT molecular complexity index is 699. The normalized spacial score (nSPS) is 16.7. The quantitative estimate of drug-likeness (QED) is 0.570. The van der Waals surface area contributed by atoms with E-state index in [1.165, 1.54) is 11.1 Å². The summed E-state index contributed by atoms with van der Waals surface area (Å²) in [6.07, 6.45) is 8.66. The number of hydrogen-bond donors (Lipinski definition) is 0. The van der Waals surface area contributed by atoms with Crippen molar-refractivity contribution in [3.63, 3.8) is 0 Å². The lowest BCUT2D eigenvalue weighted by Crippen LogP contribution is -2.14. The molecule has 0 saturated heterocycles. The maximum atomic E-state index is 11.8. The van der Waals surface area contributed by atoms with Gasteiger partial charge in [0.2, 0.25) is 0 Å². The highest BCUT2D eigenvalue weighted by Crippen LogP contribution is 2.31. The molecule has 2 aromatic carbocycles. The lowest BCUT2D eigenvalue weighted by Gasteiger charge is -2.25. The van der Waals surface area contributed by atoms with Gasteiger partial charge in [-0.15, -0.1) is 0 Å². The Hall–Kier alpha value is -2.61. The minimum atomic E-state index is -0.230. The maximum absolute atomic E-state index is 11.8. The number of hydrogen-bond acceptors (Lipinski definition) is 2. The fourth-order valence-electron chi connectivity index (χ4n) is 2.68. The number of carbonyl (C=O) groups is 1. The second kappa shape index (κ2) is 7.59. The fraction of sp³-hybridized carbons (Fsp3) is 0.190. The van der Waals surface area contributed by atoms with E-state index in [2.05, 4.69) is 36.4 Å². The first-order valence-electron chi connectivity index (χ1n) is 7.97. The van der Waals surface area contributed by atoms with E-state index in [4.69, 9.17) is 4.74 Å². The van der Waals surface area contributed by atoms with Gasteiger partial charge in [0.25, 0.3) is 0 Å². The summed E-state index contributed by atoms with van der Waals surface area (Å²) in [5, 5.41) is 0. The molecule has 116 valence electrons. The van der Waals surface area contributed by atoms with Gasteiger partial charge in [0, 0.05) is 0 Å². The van der Waals surface area contributed by atoms with Gasteiger partial charge < -0.3 is 4.74 Å². The minimum Gasteiger partial charge on any atom is -0.426 e. The van der Waals surface area contributed by atoms with Gasteiger partial charge in [-0.3, -0.25) is 4.79 Å². The highest BCUT2D eigenvalue weighted by molar-refractivity contribution is 5.74. The van der Waals surface area contributed by atoms with Crippen LogP contribution in [0.15, 0.2) is 84.5 Å². The zero-order chi connectivity index (χ0) is 15.9. The van der Waals surface area contributed by atoms with E-state index in [0.717, 1.165) is 12.8 Å². The SMILES string of the molecule is O=C(CC=CC1=CCC1Cc1ccccc1)Oc1ccccc1. The Morgan fingerprint density at radius 2 is 1.74 bits per heavy atom. The molecule has 1 atom stereocenters. The van der Waals surface area contributed by atoms with Crippen LogP contribution in [0.5, 0.6) is 5.75 Å². The van der Waals surface area contributed by atoms with Crippen LogP contribution in [-0.2, 0) is 11.2 Å². The summed E-state index contributed by atoms with van der Waals surface area (Å²) in [6, 6.07) is 19.7. The first kappa shape index (κ1) is 15.3. The van der Waals surface area contributed by atoms with Crippen molar-refractivity contribution in [2.75, 3.05) is 0 Å². The Labute approximate surface area is 137 Å². The average Bonchev–Trinajstić information content (AvgIpc) is 2.57. The van der Waals surface area contributed by atoms with Gasteiger partial charge in [0.05, 0.1) is 6.42 Å². The summed E-state index contributed by atoms with van der Waals surface area (Å²) in [5.41, 5.74) is 2.68. The van der Waals surface area contributed by atoms with Crippen LogP contribution >= 0.6 is 0 Å². The molecule has 3 rings (SSSR count). The molecule has 0 saturated carbocycles. The molecule has 0 aromatic heterocycles. The van der Waals surface area contributed by atoms with Gasteiger partial charge in [-0.05, 0) is 42.0 Å². The second-order valence-electron chi connectivity index (χ2n) is 5.72. The van der Waals surface area contributed by atoms with Crippen LogP contribution in [0.3, 0.4) is 0 Å². The number of allylic oxidation sites excluding steroid dienone is 3. The van der Waals surface area contributed by atoms with Crippen molar-refractivity contribution in [2.24, 2.45) is 5.92 Å². The summed E-state index contributed by atoms with van der Waals surface area (Å²) in [6.45, 7) is 0. The van der Waals surface area contributed by atoms with E-state index in [9.17, 15) is 4.79 Å². The van der Waals surface area contributed by atoms with Crippen LogP contribution in [0.2, 0.25) is 0 Å². The van der Waals surface area contributed by atoms with Gasteiger partial charge in [0.15, 0.2) is 0 Å². The first-order chi connectivity index (χ1) is 11.3. The zero-order valence-corrected chi connectivity index (χ0v) is 13.0. The molecule has 0 heterocycles. The smallest absolute Gasteiger partial charge is 0.315 e. The molecule has 1 aliphatic rings. The lowest BCUT2D eigenvalue weighted by molar-refractivity contribution is -0.133. The van der Waals surface area contributed by atoms with Crippen molar-refractivity contribution in [1.29, 1.82) is 0 Å². The van der Waals surface area contributed by atoms with Crippen LogP contribution < -0.4 is 4.74 Å². The molecule has 2 nitrogen and oxygen atoms in total. The van der Waals surface area contributed by atoms with Gasteiger partial charge in [0.1, 0.15) is 5.75 Å². The number of carbonyl (C=O) groups excluding carboxylic acids is 1. The molecule has 2 aromatic rings. The highest BCUT2D eigenvalue weighted by Gasteiger charge is 2.19. The van der Waals surface area contributed by atoms with Crippen LogP contribution in [0.25, 0.3) is 0 Å². The molecule has 0 aliphatic heterocycles. The molecule has 0 radical (unpaired) electrons. The molecule has 1 unspecified atom stereocenters. The second-order valence-corrected chi connectivity index (χ2v) is 5.72. The Morgan fingerprint density at radius 1 is 1.04 bits per heavy atom.